The minimum Gasteiger partial charge on any atom is -0.496 e. The number of methoxy groups -OCH3 is 2. The van der Waals surface area contributed by atoms with Crippen LogP contribution in [0.1, 0.15) is 30.1 Å². The van der Waals surface area contributed by atoms with E-state index in [-0.39, 0.29) is 5.41 Å². The van der Waals surface area contributed by atoms with Crippen LogP contribution in [0.15, 0.2) is 48.5 Å². The van der Waals surface area contributed by atoms with Gasteiger partial charge in [-0.05, 0) is 30.5 Å². The van der Waals surface area contributed by atoms with Crippen LogP contribution in [-0.4, -0.2) is 19.3 Å². The van der Waals surface area contributed by atoms with Crippen LogP contribution in [0.2, 0.25) is 0 Å². The summed E-state index contributed by atoms with van der Waals surface area (Å²) in [5.74, 6) is 1.34. The summed E-state index contributed by atoms with van der Waals surface area (Å²) in [6.45, 7) is 0. The molecule has 0 aliphatic heterocycles. The van der Waals surface area contributed by atoms with Crippen molar-refractivity contribution in [3.05, 3.63) is 59.7 Å². The molecule has 1 fully saturated rings. The van der Waals surface area contributed by atoms with Gasteiger partial charge in [-0.15, -0.1) is 0 Å². The highest BCUT2D eigenvalue weighted by Crippen LogP contribution is 2.58. The number of aliphatic hydroxyl groups is 1. The first-order chi connectivity index (χ1) is 10.2. The predicted octanol–water partition coefficient (Wildman–Crippen LogP) is 3.47. The van der Waals surface area contributed by atoms with E-state index in [0.29, 0.717) is 11.5 Å². The Hall–Kier alpha value is -2.00. The molecule has 1 aliphatic carbocycles. The quantitative estimate of drug-likeness (QED) is 0.913. The van der Waals surface area contributed by atoms with Gasteiger partial charge in [-0.3, -0.25) is 0 Å². The van der Waals surface area contributed by atoms with Gasteiger partial charge in [0.1, 0.15) is 11.5 Å². The molecule has 0 spiro atoms. The summed E-state index contributed by atoms with van der Waals surface area (Å²) >= 11 is 0. The number of ether oxygens (including phenoxy) is 2. The Morgan fingerprint density at radius 3 is 1.95 bits per heavy atom. The van der Waals surface area contributed by atoms with Gasteiger partial charge >= 0.3 is 0 Å². The van der Waals surface area contributed by atoms with Gasteiger partial charge in [-0.2, -0.15) is 0 Å². The maximum Gasteiger partial charge on any atom is 0.128 e. The number of rotatable bonds is 5. The SMILES string of the molecule is COc1cccc(OC)c1C(O)C1(c2ccccc2)CC1. The number of hydrogen-bond donors (Lipinski definition) is 1. The van der Waals surface area contributed by atoms with Crippen molar-refractivity contribution in [3.8, 4) is 11.5 Å². The van der Waals surface area contributed by atoms with E-state index < -0.39 is 6.10 Å². The highest BCUT2D eigenvalue weighted by Gasteiger charge is 2.52. The third kappa shape index (κ3) is 2.28. The van der Waals surface area contributed by atoms with Crippen LogP contribution < -0.4 is 9.47 Å². The molecule has 1 saturated carbocycles. The monoisotopic (exact) mass is 284 g/mol. The van der Waals surface area contributed by atoms with Crippen LogP contribution in [0.25, 0.3) is 0 Å². The average molecular weight is 284 g/mol. The van der Waals surface area contributed by atoms with E-state index in [2.05, 4.69) is 12.1 Å². The van der Waals surface area contributed by atoms with E-state index >= 15 is 0 Å². The van der Waals surface area contributed by atoms with Crippen molar-refractivity contribution < 1.29 is 14.6 Å². The van der Waals surface area contributed by atoms with E-state index in [1.807, 2.05) is 36.4 Å². The highest BCUT2D eigenvalue weighted by atomic mass is 16.5. The maximum absolute atomic E-state index is 11.0. The fourth-order valence-corrected chi connectivity index (χ4v) is 3.05. The van der Waals surface area contributed by atoms with Gasteiger partial charge in [0.15, 0.2) is 0 Å². The molecule has 3 rings (SSSR count). The van der Waals surface area contributed by atoms with Crippen molar-refractivity contribution in [3.63, 3.8) is 0 Å². The van der Waals surface area contributed by atoms with E-state index in [1.54, 1.807) is 14.2 Å². The standard InChI is InChI=1S/C18H20O3/c1-20-14-9-6-10-15(21-2)16(14)17(19)18(11-12-18)13-7-4-3-5-8-13/h3-10,17,19H,11-12H2,1-2H3. The molecule has 1 N–H and O–H groups in total. The third-order valence-corrected chi connectivity index (χ3v) is 4.40. The van der Waals surface area contributed by atoms with E-state index in [4.69, 9.17) is 9.47 Å². The molecule has 0 amide bonds. The van der Waals surface area contributed by atoms with Crippen LogP contribution >= 0.6 is 0 Å². The molecule has 1 atom stereocenters. The van der Waals surface area contributed by atoms with Crippen molar-refractivity contribution in [1.82, 2.24) is 0 Å². The Morgan fingerprint density at radius 1 is 0.905 bits per heavy atom. The lowest BCUT2D eigenvalue weighted by molar-refractivity contribution is 0.126. The van der Waals surface area contributed by atoms with Crippen molar-refractivity contribution in [2.24, 2.45) is 0 Å². The highest BCUT2D eigenvalue weighted by molar-refractivity contribution is 5.50. The van der Waals surface area contributed by atoms with Gasteiger partial charge < -0.3 is 14.6 Å². The Balaban J connectivity index is 2.05. The Kier molecular flexibility index (Phi) is 3.60. The lowest BCUT2D eigenvalue weighted by atomic mass is 9.85. The molecule has 2 aromatic rings. The molecule has 0 radical (unpaired) electrons. The van der Waals surface area contributed by atoms with Gasteiger partial charge in [-0.1, -0.05) is 36.4 Å². The normalized spacial score (nSPS) is 17.1. The van der Waals surface area contributed by atoms with Gasteiger partial charge in [-0.25, -0.2) is 0 Å². The first-order valence-electron chi connectivity index (χ1n) is 7.17. The van der Waals surface area contributed by atoms with Gasteiger partial charge in [0.2, 0.25) is 0 Å². The van der Waals surface area contributed by atoms with Crippen LogP contribution in [-0.2, 0) is 5.41 Å². The lowest BCUT2D eigenvalue weighted by Crippen LogP contribution is -2.19. The molecule has 1 unspecified atom stereocenters. The molecule has 3 heteroatoms. The molecular formula is C18H20O3. The van der Waals surface area contributed by atoms with Crippen LogP contribution in [0.4, 0.5) is 0 Å². The van der Waals surface area contributed by atoms with E-state index in [0.717, 1.165) is 18.4 Å². The summed E-state index contributed by atoms with van der Waals surface area (Å²) in [6.07, 6.45) is 1.31. The number of aliphatic hydroxyl groups excluding tert-OH is 1. The summed E-state index contributed by atoms with van der Waals surface area (Å²) < 4.78 is 10.9. The summed E-state index contributed by atoms with van der Waals surface area (Å²) in [5.41, 5.74) is 1.69. The number of benzene rings is 2. The fraction of sp³-hybridized carbons (Fsp3) is 0.333. The fourth-order valence-electron chi connectivity index (χ4n) is 3.05. The summed E-state index contributed by atoms with van der Waals surface area (Å²) in [6, 6.07) is 15.8. The van der Waals surface area contributed by atoms with E-state index in [1.165, 1.54) is 5.56 Å². The Morgan fingerprint density at radius 2 is 1.48 bits per heavy atom. The smallest absolute Gasteiger partial charge is 0.128 e. The minimum atomic E-state index is -0.633. The average Bonchev–Trinajstić information content (AvgIpc) is 3.36. The zero-order chi connectivity index (χ0) is 14.9. The lowest BCUT2D eigenvalue weighted by Gasteiger charge is -2.26. The van der Waals surface area contributed by atoms with Gasteiger partial charge in [0, 0.05) is 5.41 Å². The Bertz CT molecular complexity index is 595. The molecule has 2 aromatic carbocycles. The summed E-state index contributed by atoms with van der Waals surface area (Å²) in [7, 11) is 3.24. The second-order valence-electron chi connectivity index (χ2n) is 5.50. The predicted molar refractivity (Wildman–Crippen MR) is 81.9 cm³/mol. The molecule has 0 bridgehead atoms. The molecule has 0 aromatic heterocycles. The molecule has 110 valence electrons. The molecule has 1 aliphatic rings. The molecular weight excluding hydrogens is 264 g/mol. The van der Waals surface area contributed by atoms with Crippen molar-refractivity contribution in [2.45, 2.75) is 24.4 Å². The van der Waals surface area contributed by atoms with E-state index in [9.17, 15) is 5.11 Å². The van der Waals surface area contributed by atoms with Gasteiger partial charge in [0.05, 0.1) is 25.9 Å². The second-order valence-corrected chi connectivity index (χ2v) is 5.50. The first-order valence-corrected chi connectivity index (χ1v) is 7.17. The minimum absolute atomic E-state index is 0.219. The van der Waals surface area contributed by atoms with Crippen molar-refractivity contribution in [2.75, 3.05) is 14.2 Å². The second kappa shape index (κ2) is 5.41. The zero-order valence-corrected chi connectivity index (χ0v) is 12.4. The van der Waals surface area contributed by atoms with Crippen molar-refractivity contribution in [1.29, 1.82) is 0 Å². The molecule has 0 saturated heterocycles. The van der Waals surface area contributed by atoms with Gasteiger partial charge in [0.25, 0.3) is 0 Å². The topological polar surface area (TPSA) is 38.7 Å². The molecule has 3 nitrogen and oxygen atoms in total. The van der Waals surface area contributed by atoms with Crippen LogP contribution in [0.5, 0.6) is 11.5 Å². The third-order valence-electron chi connectivity index (χ3n) is 4.40. The largest absolute Gasteiger partial charge is 0.496 e. The summed E-state index contributed by atoms with van der Waals surface area (Å²) in [5, 5.41) is 11.0. The number of hydrogen-bond acceptors (Lipinski definition) is 3. The van der Waals surface area contributed by atoms with Crippen LogP contribution in [0.3, 0.4) is 0 Å². The van der Waals surface area contributed by atoms with Crippen LogP contribution in [0, 0.1) is 0 Å². The summed E-state index contributed by atoms with van der Waals surface area (Å²) in [4.78, 5) is 0. The first kappa shape index (κ1) is 14.0. The molecule has 0 heterocycles. The maximum atomic E-state index is 11.0. The molecule has 21 heavy (non-hydrogen) atoms. The Labute approximate surface area is 125 Å². The zero-order valence-electron chi connectivity index (χ0n) is 12.4. The van der Waals surface area contributed by atoms with Crippen molar-refractivity contribution >= 4 is 0 Å².